The van der Waals surface area contributed by atoms with Crippen LogP contribution < -0.4 is 5.32 Å². The minimum atomic E-state index is -4.38. The molecular formula is C15H13F4N. The summed E-state index contributed by atoms with van der Waals surface area (Å²) in [5, 5.41) is 2.80. The minimum absolute atomic E-state index is 0.134. The Hall–Kier alpha value is -2.04. The van der Waals surface area contributed by atoms with Crippen LogP contribution in [-0.4, -0.2) is 0 Å². The van der Waals surface area contributed by atoms with E-state index in [2.05, 4.69) is 5.32 Å². The Morgan fingerprint density at radius 3 is 2.50 bits per heavy atom. The van der Waals surface area contributed by atoms with E-state index in [1.807, 2.05) is 6.92 Å². The second kappa shape index (κ2) is 5.53. The third kappa shape index (κ3) is 3.50. The highest BCUT2D eigenvalue weighted by molar-refractivity contribution is 5.47. The first-order valence-corrected chi connectivity index (χ1v) is 6.02. The van der Waals surface area contributed by atoms with Crippen LogP contribution in [0.4, 0.5) is 23.2 Å². The van der Waals surface area contributed by atoms with Gasteiger partial charge in [0.1, 0.15) is 5.82 Å². The van der Waals surface area contributed by atoms with E-state index in [1.165, 1.54) is 18.2 Å². The monoisotopic (exact) mass is 283 g/mol. The van der Waals surface area contributed by atoms with Crippen LogP contribution in [0.1, 0.15) is 16.7 Å². The summed E-state index contributed by atoms with van der Waals surface area (Å²) in [4.78, 5) is 0. The van der Waals surface area contributed by atoms with Crippen LogP contribution >= 0.6 is 0 Å². The number of nitrogens with one attached hydrogen (secondary N) is 1. The summed E-state index contributed by atoms with van der Waals surface area (Å²) < 4.78 is 51.2. The van der Waals surface area contributed by atoms with Gasteiger partial charge in [-0.25, -0.2) is 4.39 Å². The molecule has 0 aliphatic carbocycles. The lowest BCUT2D eigenvalue weighted by Gasteiger charge is -2.11. The Morgan fingerprint density at radius 2 is 1.80 bits per heavy atom. The van der Waals surface area contributed by atoms with Gasteiger partial charge in [0.15, 0.2) is 0 Å². The van der Waals surface area contributed by atoms with Crippen LogP contribution in [0.25, 0.3) is 0 Å². The molecule has 106 valence electrons. The topological polar surface area (TPSA) is 12.0 Å². The summed E-state index contributed by atoms with van der Waals surface area (Å²) in [5.41, 5.74) is 0.891. The summed E-state index contributed by atoms with van der Waals surface area (Å²) in [6.07, 6.45) is -4.38. The Bertz CT molecular complexity index is 605. The third-order valence-electron chi connectivity index (χ3n) is 2.87. The Balaban J connectivity index is 2.13. The molecule has 0 amide bonds. The first-order valence-electron chi connectivity index (χ1n) is 6.02. The maximum Gasteiger partial charge on any atom is 0.416 e. The fourth-order valence-electron chi connectivity index (χ4n) is 1.84. The summed E-state index contributed by atoms with van der Waals surface area (Å²) in [5.74, 6) is -0.380. The van der Waals surface area contributed by atoms with Crippen molar-refractivity contribution in [3.63, 3.8) is 0 Å². The van der Waals surface area contributed by atoms with Gasteiger partial charge in [0.2, 0.25) is 0 Å². The lowest BCUT2D eigenvalue weighted by molar-refractivity contribution is -0.137. The molecule has 0 saturated carbocycles. The average Bonchev–Trinajstić information content (AvgIpc) is 2.39. The molecule has 1 nitrogen and oxygen atoms in total. The molecule has 20 heavy (non-hydrogen) atoms. The molecular weight excluding hydrogens is 270 g/mol. The van der Waals surface area contributed by atoms with Crippen LogP contribution in [0.3, 0.4) is 0 Å². The quantitative estimate of drug-likeness (QED) is 0.800. The van der Waals surface area contributed by atoms with Crippen molar-refractivity contribution in [3.8, 4) is 0 Å². The average molecular weight is 283 g/mol. The summed E-state index contributed by atoms with van der Waals surface area (Å²) in [7, 11) is 0. The lowest BCUT2D eigenvalue weighted by Crippen LogP contribution is -2.07. The van der Waals surface area contributed by atoms with Crippen molar-refractivity contribution in [2.75, 3.05) is 5.32 Å². The number of alkyl halides is 3. The molecule has 0 aliphatic heterocycles. The minimum Gasteiger partial charge on any atom is -0.381 e. The molecule has 2 aromatic rings. The molecule has 1 N–H and O–H groups in total. The molecule has 0 unspecified atom stereocenters. The fraction of sp³-hybridized carbons (Fsp3) is 0.200. The molecule has 0 bridgehead atoms. The molecule has 5 heteroatoms. The molecule has 0 atom stereocenters. The van der Waals surface area contributed by atoms with E-state index < -0.39 is 11.7 Å². The standard InChI is InChI=1S/C15H13F4N/c1-10-5-6-14(16)11(7-10)9-20-13-4-2-3-12(8-13)15(17,18)19/h2-8,20H,9H2,1H3. The van der Waals surface area contributed by atoms with Gasteiger partial charge in [-0.05, 0) is 31.2 Å². The van der Waals surface area contributed by atoms with Crippen LogP contribution in [0.5, 0.6) is 0 Å². The van der Waals surface area contributed by atoms with Crippen LogP contribution in [0, 0.1) is 12.7 Å². The number of aryl methyl sites for hydroxylation is 1. The number of halogens is 4. The van der Waals surface area contributed by atoms with E-state index in [9.17, 15) is 17.6 Å². The largest absolute Gasteiger partial charge is 0.416 e. The zero-order valence-corrected chi connectivity index (χ0v) is 10.8. The van der Waals surface area contributed by atoms with Crippen molar-refractivity contribution in [2.24, 2.45) is 0 Å². The smallest absolute Gasteiger partial charge is 0.381 e. The molecule has 0 fully saturated rings. The predicted octanol–water partition coefficient (Wildman–Crippen LogP) is 4.77. The highest BCUT2D eigenvalue weighted by Crippen LogP contribution is 2.30. The van der Waals surface area contributed by atoms with E-state index in [1.54, 1.807) is 12.1 Å². The summed E-state index contributed by atoms with van der Waals surface area (Å²) in [6, 6.07) is 9.49. The van der Waals surface area contributed by atoms with Crippen LogP contribution in [-0.2, 0) is 12.7 Å². The molecule has 0 aromatic heterocycles. The van der Waals surface area contributed by atoms with Crippen molar-refractivity contribution in [3.05, 3.63) is 65.0 Å². The molecule has 0 spiro atoms. The van der Waals surface area contributed by atoms with Gasteiger partial charge in [0.05, 0.1) is 5.56 Å². The summed E-state index contributed by atoms with van der Waals surface area (Å²) in [6.45, 7) is 1.96. The van der Waals surface area contributed by atoms with Gasteiger partial charge in [-0.15, -0.1) is 0 Å². The van der Waals surface area contributed by atoms with Gasteiger partial charge < -0.3 is 5.32 Å². The second-order valence-corrected chi connectivity index (χ2v) is 4.53. The fourth-order valence-corrected chi connectivity index (χ4v) is 1.84. The van der Waals surface area contributed by atoms with E-state index >= 15 is 0 Å². The first-order chi connectivity index (χ1) is 9.36. The van der Waals surface area contributed by atoms with Gasteiger partial charge in [-0.3, -0.25) is 0 Å². The second-order valence-electron chi connectivity index (χ2n) is 4.53. The van der Waals surface area contributed by atoms with Crippen molar-refractivity contribution < 1.29 is 17.6 Å². The first kappa shape index (κ1) is 14.4. The maximum atomic E-state index is 13.5. The van der Waals surface area contributed by atoms with E-state index in [-0.39, 0.29) is 12.4 Å². The van der Waals surface area contributed by atoms with Crippen LogP contribution in [0.15, 0.2) is 42.5 Å². The predicted molar refractivity (Wildman–Crippen MR) is 69.9 cm³/mol. The van der Waals surface area contributed by atoms with Gasteiger partial charge in [-0.2, -0.15) is 13.2 Å². The van der Waals surface area contributed by atoms with Gasteiger partial charge in [0.25, 0.3) is 0 Å². The zero-order chi connectivity index (χ0) is 14.8. The maximum absolute atomic E-state index is 13.5. The molecule has 0 aliphatic rings. The Morgan fingerprint density at radius 1 is 1.05 bits per heavy atom. The Kier molecular flexibility index (Phi) is 3.97. The Labute approximate surface area is 114 Å². The zero-order valence-electron chi connectivity index (χ0n) is 10.8. The molecule has 2 rings (SSSR count). The van der Waals surface area contributed by atoms with Gasteiger partial charge >= 0.3 is 6.18 Å². The van der Waals surface area contributed by atoms with Crippen molar-refractivity contribution in [1.29, 1.82) is 0 Å². The van der Waals surface area contributed by atoms with E-state index in [0.29, 0.717) is 11.3 Å². The number of rotatable bonds is 3. The number of benzene rings is 2. The van der Waals surface area contributed by atoms with Crippen molar-refractivity contribution >= 4 is 5.69 Å². The van der Waals surface area contributed by atoms with Gasteiger partial charge in [0, 0.05) is 17.8 Å². The third-order valence-corrected chi connectivity index (χ3v) is 2.87. The van der Waals surface area contributed by atoms with Crippen molar-refractivity contribution in [1.82, 2.24) is 0 Å². The van der Waals surface area contributed by atoms with E-state index in [4.69, 9.17) is 0 Å². The number of hydrogen-bond donors (Lipinski definition) is 1. The van der Waals surface area contributed by atoms with E-state index in [0.717, 1.165) is 17.7 Å². The highest BCUT2D eigenvalue weighted by atomic mass is 19.4. The summed E-state index contributed by atoms with van der Waals surface area (Å²) >= 11 is 0. The molecule has 0 saturated heterocycles. The lowest BCUT2D eigenvalue weighted by atomic mass is 10.1. The SMILES string of the molecule is Cc1ccc(F)c(CNc2cccc(C(F)(F)F)c2)c1. The van der Waals surface area contributed by atoms with Crippen molar-refractivity contribution in [2.45, 2.75) is 19.6 Å². The molecule has 2 aromatic carbocycles. The normalized spacial score (nSPS) is 11.4. The number of anilines is 1. The highest BCUT2D eigenvalue weighted by Gasteiger charge is 2.30. The van der Waals surface area contributed by atoms with Gasteiger partial charge in [-0.1, -0.05) is 23.8 Å². The van der Waals surface area contributed by atoms with Crippen LogP contribution in [0.2, 0.25) is 0 Å². The molecule has 0 heterocycles. The number of hydrogen-bond acceptors (Lipinski definition) is 1. The molecule has 0 radical (unpaired) electrons.